The zero-order valence-electron chi connectivity index (χ0n) is 14.6. The van der Waals surface area contributed by atoms with Crippen LogP contribution >= 0.6 is 0 Å². The first-order chi connectivity index (χ1) is 11.7. The highest BCUT2D eigenvalue weighted by Gasteiger charge is 2.20. The molecule has 3 rings (SSSR count). The van der Waals surface area contributed by atoms with Crippen molar-refractivity contribution in [2.75, 3.05) is 13.1 Å². The number of nitrogens with zero attached hydrogens (tertiary/aromatic N) is 3. The SMILES string of the molecule is CCn1ncc(CN[C@@H]2CCCN(Cc3ccccc3F)C2)c1C. The molecule has 1 aliphatic rings. The number of aryl methyl sites for hydroxylation is 1. The van der Waals surface area contributed by atoms with Crippen LogP contribution < -0.4 is 5.32 Å². The Morgan fingerprint density at radius 3 is 2.88 bits per heavy atom. The molecule has 1 fully saturated rings. The lowest BCUT2D eigenvalue weighted by molar-refractivity contribution is 0.181. The Morgan fingerprint density at radius 2 is 2.12 bits per heavy atom. The van der Waals surface area contributed by atoms with Crippen molar-refractivity contribution in [1.29, 1.82) is 0 Å². The van der Waals surface area contributed by atoms with Gasteiger partial charge in [-0.1, -0.05) is 18.2 Å². The molecule has 24 heavy (non-hydrogen) atoms. The van der Waals surface area contributed by atoms with Crippen LogP contribution in [0.15, 0.2) is 30.5 Å². The second kappa shape index (κ2) is 7.90. The zero-order chi connectivity index (χ0) is 16.9. The van der Waals surface area contributed by atoms with E-state index in [0.717, 1.165) is 38.2 Å². The van der Waals surface area contributed by atoms with Crippen molar-refractivity contribution < 1.29 is 4.39 Å². The number of nitrogens with one attached hydrogen (secondary N) is 1. The lowest BCUT2D eigenvalue weighted by Crippen LogP contribution is -2.45. The number of likely N-dealkylation sites (tertiary alicyclic amines) is 1. The summed E-state index contributed by atoms with van der Waals surface area (Å²) in [4.78, 5) is 2.35. The van der Waals surface area contributed by atoms with Crippen molar-refractivity contribution in [3.63, 3.8) is 0 Å². The molecule has 0 bridgehead atoms. The van der Waals surface area contributed by atoms with Crippen molar-refractivity contribution in [3.8, 4) is 0 Å². The minimum absolute atomic E-state index is 0.102. The van der Waals surface area contributed by atoms with Gasteiger partial charge in [-0.3, -0.25) is 9.58 Å². The Morgan fingerprint density at radius 1 is 1.29 bits per heavy atom. The summed E-state index contributed by atoms with van der Waals surface area (Å²) in [6.07, 6.45) is 4.29. The van der Waals surface area contributed by atoms with Gasteiger partial charge in [-0.15, -0.1) is 0 Å². The fourth-order valence-electron chi connectivity index (χ4n) is 3.47. The number of hydrogen-bond donors (Lipinski definition) is 1. The van der Waals surface area contributed by atoms with Crippen LogP contribution in [0.5, 0.6) is 0 Å². The largest absolute Gasteiger partial charge is 0.309 e. The molecule has 1 saturated heterocycles. The van der Waals surface area contributed by atoms with E-state index in [9.17, 15) is 4.39 Å². The van der Waals surface area contributed by atoms with E-state index < -0.39 is 0 Å². The van der Waals surface area contributed by atoms with Gasteiger partial charge in [0.05, 0.1) is 6.20 Å². The van der Waals surface area contributed by atoms with Gasteiger partial charge in [0.2, 0.25) is 0 Å². The van der Waals surface area contributed by atoms with E-state index in [-0.39, 0.29) is 5.82 Å². The van der Waals surface area contributed by atoms with Crippen molar-refractivity contribution in [1.82, 2.24) is 20.0 Å². The summed E-state index contributed by atoms with van der Waals surface area (Å²) in [6, 6.07) is 7.54. The number of halogens is 1. The highest BCUT2D eigenvalue weighted by molar-refractivity contribution is 5.17. The fraction of sp³-hybridized carbons (Fsp3) is 0.526. The molecule has 2 heterocycles. The van der Waals surface area contributed by atoms with Crippen LogP contribution in [-0.2, 0) is 19.6 Å². The minimum Gasteiger partial charge on any atom is -0.309 e. The van der Waals surface area contributed by atoms with Crippen LogP contribution in [0.4, 0.5) is 4.39 Å². The molecule has 0 spiro atoms. The van der Waals surface area contributed by atoms with E-state index in [1.165, 1.54) is 17.7 Å². The van der Waals surface area contributed by atoms with Gasteiger partial charge in [-0.05, 0) is 39.3 Å². The molecular weight excluding hydrogens is 303 g/mol. The molecule has 1 atom stereocenters. The van der Waals surface area contributed by atoms with Crippen LogP contribution in [0.25, 0.3) is 0 Å². The lowest BCUT2D eigenvalue weighted by Gasteiger charge is -2.33. The van der Waals surface area contributed by atoms with Crippen LogP contribution in [0.3, 0.4) is 0 Å². The predicted octanol–water partition coefficient (Wildman–Crippen LogP) is 3.10. The highest BCUT2D eigenvalue weighted by atomic mass is 19.1. The van der Waals surface area contributed by atoms with Crippen LogP contribution in [0.1, 0.15) is 36.6 Å². The number of rotatable bonds is 6. The van der Waals surface area contributed by atoms with E-state index in [4.69, 9.17) is 0 Å². The van der Waals surface area contributed by atoms with Gasteiger partial charge in [-0.25, -0.2) is 4.39 Å². The molecule has 0 aliphatic carbocycles. The van der Waals surface area contributed by atoms with Crippen LogP contribution in [0.2, 0.25) is 0 Å². The van der Waals surface area contributed by atoms with Gasteiger partial charge in [0.25, 0.3) is 0 Å². The van der Waals surface area contributed by atoms with Crippen molar-refractivity contribution in [3.05, 3.63) is 53.1 Å². The summed E-state index contributed by atoms with van der Waals surface area (Å²) in [5.41, 5.74) is 3.30. The standard InChI is InChI=1S/C19H27FN4/c1-3-24-15(2)17(12-22-24)11-21-18-8-6-10-23(14-18)13-16-7-4-5-9-19(16)20/h4-5,7,9,12,18,21H,3,6,8,10-11,13-14H2,1-2H3/t18-/m1/s1. The molecule has 5 heteroatoms. The molecule has 4 nitrogen and oxygen atoms in total. The third kappa shape index (κ3) is 4.02. The van der Waals surface area contributed by atoms with Gasteiger partial charge >= 0.3 is 0 Å². The molecule has 130 valence electrons. The molecule has 1 aliphatic heterocycles. The highest BCUT2D eigenvalue weighted by Crippen LogP contribution is 2.16. The topological polar surface area (TPSA) is 33.1 Å². The smallest absolute Gasteiger partial charge is 0.127 e. The Bertz CT molecular complexity index is 667. The van der Waals surface area contributed by atoms with Crippen molar-refractivity contribution in [2.24, 2.45) is 0 Å². The quantitative estimate of drug-likeness (QED) is 0.883. The summed E-state index contributed by atoms with van der Waals surface area (Å²) in [5.74, 6) is -0.102. The Kier molecular flexibility index (Phi) is 5.63. The molecule has 0 amide bonds. The number of hydrogen-bond acceptors (Lipinski definition) is 3. The molecule has 0 saturated carbocycles. The molecule has 1 aromatic carbocycles. The Hall–Kier alpha value is -1.72. The fourth-order valence-corrected chi connectivity index (χ4v) is 3.47. The van der Waals surface area contributed by atoms with Gasteiger partial charge in [-0.2, -0.15) is 5.10 Å². The number of aromatic nitrogens is 2. The number of benzene rings is 1. The minimum atomic E-state index is -0.102. The number of piperidine rings is 1. The summed E-state index contributed by atoms with van der Waals surface area (Å²) in [7, 11) is 0. The maximum atomic E-state index is 13.8. The first-order valence-corrected chi connectivity index (χ1v) is 8.87. The second-order valence-electron chi connectivity index (χ2n) is 6.62. The van der Waals surface area contributed by atoms with Crippen molar-refractivity contribution >= 4 is 0 Å². The first-order valence-electron chi connectivity index (χ1n) is 8.87. The summed E-state index contributed by atoms with van der Waals surface area (Å²) in [6.45, 7) is 8.69. The summed E-state index contributed by atoms with van der Waals surface area (Å²) >= 11 is 0. The summed E-state index contributed by atoms with van der Waals surface area (Å²) < 4.78 is 15.9. The van der Waals surface area contributed by atoms with E-state index in [0.29, 0.717) is 12.6 Å². The van der Waals surface area contributed by atoms with Gasteiger partial charge in [0.1, 0.15) is 5.82 Å². The maximum absolute atomic E-state index is 13.8. The van der Waals surface area contributed by atoms with E-state index in [2.05, 4.69) is 29.2 Å². The molecule has 0 unspecified atom stereocenters. The lowest BCUT2D eigenvalue weighted by atomic mass is 10.0. The molecule has 1 N–H and O–H groups in total. The normalized spacial score (nSPS) is 18.9. The van der Waals surface area contributed by atoms with Crippen LogP contribution in [0, 0.1) is 12.7 Å². The Balaban J connectivity index is 1.54. The molecule has 0 radical (unpaired) electrons. The average molecular weight is 330 g/mol. The second-order valence-corrected chi connectivity index (χ2v) is 6.62. The van der Waals surface area contributed by atoms with Gasteiger partial charge in [0.15, 0.2) is 0 Å². The zero-order valence-corrected chi connectivity index (χ0v) is 14.6. The maximum Gasteiger partial charge on any atom is 0.127 e. The van der Waals surface area contributed by atoms with Crippen molar-refractivity contribution in [2.45, 2.75) is 52.4 Å². The first kappa shape index (κ1) is 17.1. The monoisotopic (exact) mass is 330 g/mol. The van der Waals surface area contributed by atoms with Crippen LogP contribution in [-0.4, -0.2) is 33.8 Å². The van der Waals surface area contributed by atoms with Gasteiger partial charge < -0.3 is 5.32 Å². The molecule has 2 aromatic rings. The third-order valence-corrected chi connectivity index (χ3v) is 4.94. The van der Waals surface area contributed by atoms with E-state index >= 15 is 0 Å². The predicted molar refractivity (Wildman–Crippen MR) is 94.2 cm³/mol. The summed E-state index contributed by atoms with van der Waals surface area (Å²) in [5, 5.41) is 8.06. The van der Waals surface area contributed by atoms with E-state index in [1.54, 1.807) is 12.1 Å². The van der Waals surface area contributed by atoms with E-state index in [1.807, 2.05) is 23.0 Å². The third-order valence-electron chi connectivity index (χ3n) is 4.94. The molecule has 1 aromatic heterocycles. The van der Waals surface area contributed by atoms with Gasteiger partial charge in [0, 0.05) is 49.0 Å². The average Bonchev–Trinajstić information content (AvgIpc) is 2.95. The Labute approximate surface area is 143 Å². The molecular formula is C19H27FN4.